The van der Waals surface area contributed by atoms with Crippen LogP contribution >= 0.6 is 0 Å². The molecule has 0 aliphatic heterocycles. The monoisotopic (exact) mass is 916 g/mol. The van der Waals surface area contributed by atoms with Crippen molar-refractivity contribution in [3.8, 4) is 62.1 Å². The van der Waals surface area contributed by atoms with Gasteiger partial charge in [0.05, 0.1) is 11.0 Å². The third-order valence-electron chi connectivity index (χ3n) is 14.6. The zero-order valence-electron chi connectivity index (χ0n) is 38.8. The summed E-state index contributed by atoms with van der Waals surface area (Å²) in [6, 6.07) is 86.5. The van der Waals surface area contributed by atoms with Crippen molar-refractivity contribution in [3.63, 3.8) is 0 Å². The van der Waals surface area contributed by atoms with Crippen molar-refractivity contribution in [2.24, 2.45) is 0 Å². The van der Waals surface area contributed by atoms with E-state index in [4.69, 9.17) is 19.4 Å². The van der Waals surface area contributed by atoms with E-state index < -0.39 is 0 Å². The fourth-order valence-corrected chi connectivity index (χ4v) is 11.2. The van der Waals surface area contributed by atoms with Crippen molar-refractivity contribution < 1.29 is 4.42 Å². The first-order valence-corrected chi connectivity index (χ1v) is 24.4. The minimum Gasteiger partial charge on any atom is -0.456 e. The summed E-state index contributed by atoms with van der Waals surface area (Å²) in [6.45, 7) is 0. The minimum atomic E-state index is 0.576. The van der Waals surface area contributed by atoms with Crippen LogP contribution in [0.4, 0.5) is 0 Å². The van der Waals surface area contributed by atoms with E-state index in [2.05, 4.69) is 217 Å². The normalized spacial score (nSPS) is 11.9. The molecule has 5 heteroatoms. The summed E-state index contributed by atoms with van der Waals surface area (Å²) < 4.78 is 9.02. The SMILES string of the molecule is c1ccc(-c2nc(-c3cccc(-c4ccc5c6ccccc6c6ccccc6c5c4)c3)nc(-c3ccc4c(c3)oc3ccc(-c5ccc6c(c5)c5c7ccccc7ccc5n6-c5ccccc5)cc34)n2)cc1. The zero-order chi connectivity index (χ0) is 47.3. The molecule has 0 bridgehead atoms. The molecule has 0 N–H and O–H groups in total. The zero-order valence-corrected chi connectivity index (χ0v) is 38.8. The van der Waals surface area contributed by atoms with Crippen LogP contribution in [0.1, 0.15) is 0 Å². The minimum absolute atomic E-state index is 0.576. The van der Waals surface area contributed by atoms with E-state index in [9.17, 15) is 0 Å². The van der Waals surface area contributed by atoms with Gasteiger partial charge in [-0.05, 0) is 132 Å². The summed E-state index contributed by atoms with van der Waals surface area (Å²) in [6.07, 6.45) is 0. The van der Waals surface area contributed by atoms with Crippen LogP contribution in [0.15, 0.2) is 247 Å². The second kappa shape index (κ2) is 15.9. The van der Waals surface area contributed by atoms with Crippen LogP contribution in [-0.2, 0) is 0 Å². The Morgan fingerprint density at radius 2 is 0.750 bits per heavy atom. The molecule has 3 heterocycles. The van der Waals surface area contributed by atoms with Gasteiger partial charge in [-0.1, -0.05) is 176 Å². The first-order valence-electron chi connectivity index (χ1n) is 24.4. The van der Waals surface area contributed by atoms with E-state index in [1.54, 1.807) is 0 Å². The average Bonchev–Trinajstić information content (AvgIpc) is 4.00. The number of furan rings is 1. The predicted octanol–water partition coefficient (Wildman–Crippen LogP) is 17.8. The van der Waals surface area contributed by atoms with Crippen LogP contribution in [-0.4, -0.2) is 19.5 Å². The lowest BCUT2D eigenvalue weighted by molar-refractivity contribution is 0.669. The predicted molar refractivity (Wildman–Crippen MR) is 299 cm³/mol. The molecule has 12 aromatic carbocycles. The number of fused-ring (bicyclic) bond motifs is 14. The van der Waals surface area contributed by atoms with Gasteiger partial charge in [-0.2, -0.15) is 0 Å². The van der Waals surface area contributed by atoms with Crippen molar-refractivity contribution >= 4 is 86.8 Å². The van der Waals surface area contributed by atoms with Gasteiger partial charge in [0.2, 0.25) is 0 Å². The van der Waals surface area contributed by atoms with Crippen LogP contribution in [0.3, 0.4) is 0 Å². The second-order valence-electron chi connectivity index (χ2n) is 18.7. The molecule has 0 saturated carbocycles. The number of nitrogens with zero attached hydrogens (tertiary/aromatic N) is 4. The van der Waals surface area contributed by atoms with Gasteiger partial charge in [0.1, 0.15) is 11.2 Å². The van der Waals surface area contributed by atoms with E-state index in [0.717, 1.165) is 66.6 Å². The number of aromatic nitrogens is 4. The quantitative estimate of drug-likeness (QED) is 0.156. The molecule has 0 unspecified atom stereocenters. The second-order valence-corrected chi connectivity index (χ2v) is 18.7. The van der Waals surface area contributed by atoms with Crippen LogP contribution in [0, 0.1) is 0 Å². The molecule has 15 aromatic rings. The van der Waals surface area contributed by atoms with Gasteiger partial charge in [0.25, 0.3) is 0 Å². The smallest absolute Gasteiger partial charge is 0.164 e. The molecule has 5 nitrogen and oxygen atoms in total. The summed E-state index contributed by atoms with van der Waals surface area (Å²) in [5.74, 6) is 1.78. The maximum atomic E-state index is 6.63. The number of rotatable bonds is 6. The number of hydrogen-bond donors (Lipinski definition) is 0. The number of hydrogen-bond acceptors (Lipinski definition) is 4. The summed E-state index contributed by atoms with van der Waals surface area (Å²) in [5, 5.41) is 14.6. The first-order chi connectivity index (χ1) is 35.7. The maximum absolute atomic E-state index is 6.63. The first kappa shape index (κ1) is 40.2. The molecule has 0 fully saturated rings. The Labute approximate surface area is 413 Å². The Bertz CT molecular complexity index is 4650. The molecule has 3 aromatic heterocycles. The third kappa shape index (κ3) is 6.38. The molecule has 0 aliphatic rings. The van der Waals surface area contributed by atoms with Crippen molar-refractivity contribution in [2.75, 3.05) is 0 Å². The average molecular weight is 917 g/mol. The Hall–Kier alpha value is -9.71. The van der Waals surface area contributed by atoms with E-state index in [0.29, 0.717) is 17.5 Å². The summed E-state index contributed by atoms with van der Waals surface area (Å²) in [7, 11) is 0. The molecule has 15 rings (SSSR count). The molecule has 0 spiro atoms. The lowest BCUT2D eigenvalue weighted by atomic mass is 9.92. The topological polar surface area (TPSA) is 56.7 Å². The highest BCUT2D eigenvalue weighted by Crippen LogP contribution is 2.42. The third-order valence-corrected chi connectivity index (χ3v) is 14.6. The highest BCUT2D eigenvalue weighted by atomic mass is 16.3. The largest absolute Gasteiger partial charge is 0.456 e. The lowest BCUT2D eigenvalue weighted by Gasteiger charge is -2.13. The molecular formula is C67H40N4O. The molecule has 334 valence electrons. The molecule has 72 heavy (non-hydrogen) atoms. The molecule has 0 radical (unpaired) electrons. The standard InChI is InChI=1S/C67H40N4O/c1-3-15-42(16-4-1)65-68-66(47-18-13-17-43(36-47)44-26-31-55-53-24-10-9-22-51(53)52-23-11-12-25-54(52)57(55)37-44)70-67(69-65)48-27-32-56-58-38-46(30-35-62(58)72-63(56)40-48)45-29-33-60-59(39-45)64-50-21-8-7-14-41(50)28-34-61(64)71(60)49-19-5-2-6-20-49/h1-40H. The van der Waals surface area contributed by atoms with E-state index >= 15 is 0 Å². The van der Waals surface area contributed by atoms with Gasteiger partial charge in [0, 0.05) is 43.9 Å². The Morgan fingerprint density at radius 3 is 1.49 bits per heavy atom. The Balaban J connectivity index is 0.826. The summed E-state index contributed by atoms with van der Waals surface area (Å²) >= 11 is 0. The fraction of sp³-hybridized carbons (Fsp3) is 0. The van der Waals surface area contributed by atoms with Crippen LogP contribution in [0.25, 0.3) is 149 Å². The van der Waals surface area contributed by atoms with Crippen LogP contribution in [0.2, 0.25) is 0 Å². The maximum Gasteiger partial charge on any atom is 0.164 e. The van der Waals surface area contributed by atoms with Crippen molar-refractivity contribution in [2.45, 2.75) is 0 Å². The van der Waals surface area contributed by atoms with Crippen molar-refractivity contribution in [1.82, 2.24) is 19.5 Å². The van der Waals surface area contributed by atoms with E-state index in [1.165, 1.54) is 64.9 Å². The van der Waals surface area contributed by atoms with Crippen molar-refractivity contribution in [3.05, 3.63) is 243 Å². The number of benzene rings is 12. The highest BCUT2D eigenvalue weighted by molar-refractivity contribution is 6.26. The lowest BCUT2D eigenvalue weighted by Crippen LogP contribution is -2.00. The van der Waals surface area contributed by atoms with Gasteiger partial charge in [-0.3, -0.25) is 0 Å². The van der Waals surface area contributed by atoms with Crippen LogP contribution < -0.4 is 0 Å². The Kier molecular flexibility index (Phi) is 8.89. The van der Waals surface area contributed by atoms with E-state index in [1.807, 2.05) is 30.3 Å². The molecule has 0 aliphatic carbocycles. The van der Waals surface area contributed by atoms with E-state index in [-0.39, 0.29) is 0 Å². The van der Waals surface area contributed by atoms with Crippen molar-refractivity contribution in [1.29, 1.82) is 0 Å². The molecular weight excluding hydrogens is 877 g/mol. The van der Waals surface area contributed by atoms with Gasteiger partial charge >= 0.3 is 0 Å². The molecule has 0 saturated heterocycles. The van der Waals surface area contributed by atoms with Gasteiger partial charge in [-0.25, -0.2) is 15.0 Å². The number of para-hydroxylation sites is 1. The summed E-state index contributed by atoms with van der Waals surface area (Å²) in [4.78, 5) is 15.4. The molecule has 0 atom stereocenters. The van der Waals surface area contributed by atoms with Gasteiger partial charge in [0.15, 0.2) is 17.5 Å². The van der Waals surface area contributed by atoms with Crippen LogP contribution in [0.5, 0.6) is 0 Å². The summed E-state index contributed by atoms with van der Waals surface area (Å²) in [5.41, 5.74) is 12.3. The Morgan fingerprint density at radius 1 is 0.264 bits per heavy atom. The fourth-order valence-electron chi connectivity index (χ4n) is 11.2. The van der Waals surface area contributed by atoms with Gasteiger partial charge in [-0.15, -0.1) is 0 Å². The molecule has 0 amide bonds. The van der Waals surface area contributed by atoms with Gasteiger partial charge < -0.3 is 8.98 Å². The highest BCUT2D eigenvalue weighted by Gasteiger charge is 2.19.